The lowest BCUT2D eigenvalue weighted by Crippen LogP contribution is -2.24. The molecule has 0 aliphatic carbocycles. The summed E-state index contributed by atoms with van der Waals surface area (Å²) in [5.74, 6) is -0.837. The highest BCUT2D eigenvalue weighted by atomic mass is 35.5. The van der Waals surface area contributed by atoms with Gasteiger partial charge < -0.3 is 10.6 Å². The zero-order valence-electron chi connectivity index (χ0n) is 16.0. The first-order valence-electron chi connectivity index (χ1n) is 8.92. The molecule has 0 fully saturated rings. The lowest BCUT2D eigenvalue weighted by Gasteiger charge is -2.17. The highest BCUT2D eigenvalue weighted by molar-refractivity contribution is 8.00. The van der Waals surface area contributed by atoms with Gasteiger partial charge >= 0.3 is 6.18 Å². The van der Waals surface area contributed by atoms with Crippen molar-refractivity contribution in [1.29, 1.82) is 0 Å². The second-order valence-corrected chi connectivity index (χ2v) is 9.19. The van der Waals surface area contributed by atoms with Gasteiger partial charge in [0.25, 0.3) is 5.91 Å². The average molecular weight is 485 g/mol. The van der Waals surface area contributed by atoms with Crippen molar-refractivity contribution in [2.24, 2.45) is 0 Å². The lowest BCUT2D eigenvalue weighted by atomic mass is 10.1. The Kier molecular flexibility index (Phi) is 7.30. The van der Waals surface area contributed by atoms with E-state index in [1.807, 2.05) is 0 Å². The normalized spacial score (nSPS) is 12.3. The van der Waals surface area contributed by atoms with Gasteiger partial charge in [0.05, 0.1) is 21.4 Å². The van der Waals surface area contributed by atoms with Gasteiger partial charge in [-0.3, -0.25) is 9.59 Å². The number of carbonyl (C=O) groups excluding carboxylic acids is 2. The van der Waals surface area contributed by atoms with Gasteiger partial charge in [0.15, 0.2) is 0 Å². The highest BCUT2D eigenvalue weighted by Gasteiger charge is 2.34. The first-order chi connectivity index (χ1) is 14.6. The molecule has 0 saturated carbocycles. The van der Waals surface area contributed by atoms with Crippen LogP contribution in [0.25, 0.3) is 0 Å². The number of anilines is 2. The van der Waals surface area contributed by atoms with E-state index in [1.54, 1.807) is 48.7 Å². The maximum atomic E-state index is 13.2. The largest absolute Gasteiger partial charge is 0.418 e. The van der Waals surface area contributed by atoms with Crippen molar-refractivity contribution in [3.8, 4) is 0 Å². The van der Waals surface area contributed by atoms with E-state index in [1.165, 1.54) is 17.4 Å². The average Bonchev–Trinajstić information content (AvgIpc) is 3.24. The van der Waals surface area contributed by atoms with Crippen molar-refractivity contribution >= 4 is 57.9 Å². The third kappa shape index (κ3) is 6.25. The number of thioether (sulfide) groups is 1. The molecule has 0 aliphatic rings. The number of nitrogens with one attached hydrogen (secondary N) is 2. The molecule has 2 aromatic carbocycles. The van der Waals surface area contributed by atoms with Gasteiger partial charge in [0.2, 0.25) is 5.91 Å². The molecule has 0 radical (unpaired) electrons. The molecule has 162 valence electrons. The van der Waals surface area contributed by atoms with Gasteiger partial charge in [0, 0.05) is 15.6 Å². The topological polar surface area (TPSA) is 58.2 Å². The van der Waals surface area contributed by atoms with Crippen LogP contribution in [-0.4, -0.2) is 17.1 Å². The molecule has 3 rings (SSSR count). The number of benzene rings is 2. The number of hydrogen-bond donors (Lipinski definition) is 2. The summed E-state index contributed by atoms with van der Waals surface area (Å²) >= 11 is 8.14. The van der Waals surface area contributed by atoms with E-state index in [0.717, 1.165) is 23.9 Å². The zero-order chi connectivity index (χ0) is 22.6. The molecule has 0 saturated heterocycles. The maximum Gasteiger partial charge on any atom is 0.418 e. The molecule has 0 aliphatic heterocycles. The summed E-state index contributed by atoms with van der Waals surface area (Å²) in [7, 11) is 0. The first kappa shape index (κ1) is 23.2. The Hall–Kier alpha value is -2.49. The standard InChI is InChI=1S/C21H16ClF3N2O2S2/c1-12(19(28)27-17-8-7-13(22)10-16(17)21(23,24)25)31-15-5-2-4-14(11-15)26-20(29)18-6-3-9-30-18/h2-12H,1H3,(H,26,29)(H,27,28). The molecule has 1 aromatic heterocycles. The van der Waals surface area contributed by atoms with Crippen LogP contribution in [0, 0.1) is 0 Å². The fourth-order valence-corrected chi connectivity index (χ4v) is 4.32. The van der Waals surface area contributed by atoms with Crippen LogP contribution in [-0.2, 0) is 11.0 Å². The summed E-state index contributed by atoms with van der Waals surface area (Å²) < 4.78 is 39.7. The van der Waals surface area contributed by atoms with Gasteiger partial charge in [-0.25, -0.2) is 0 Å². The van der Waals surface area contributed by atoms with Gasteiger partial charge in [-0.1, -0.05) is 23.7 Å². The van der Waals surface area contributed by atoms with E-state index in [-0.39, 0.29) is 16.6 Å². The van der Waals surface area contributed by atoms with Gasteiger partial charge in [-0.05, 0) is 54.8 Å². The highest BCUT2D eigenvalue weighted by Crippen LogP contribution is 2.37. The Morgan fingerprint density at radius 1 is 1.06 bits per heavy atom. The quantitative estimate of drug-likeness (QED) is 0.378. The third-order valence-electron chi connectivity index (χ3n) is 4.06. The molecule has 3 aromatic rings. The van der Waals surface area contributed by atoms with Crippen molar-refractivity contribution in [2.75, 3.05) is 10.6 Å². The number of thiophene rings is 1. The predicted octanol–water partition coefficient (Wildman–Crippen LogP) is 6.79. The van der Waals surface area contributed by atoms with E-state index < -0.39 is 22.9 Å². The number of hydrogen-bond acceptors (Lipinski definition) is 4. The Morgan fingerprint density at radius 3 is 2.52 bits per heavy atom. The van der Waals surface area contributed by atoms with Crippen LogP contribution in [0.2, 0.25) is 5.02 Å². The number of halogens is 4. The summed E-state index contributed by atoms with van der Waals surface area (Å²) in [6, 6.07) is 13.5. The second kappa shape index (κ2) is 9.76. The Balaban J connectivity index is 1.67. The molecule has 1 heterocycles. The predicted molar refractivity (Wildman–Crippen MR) is 119 cm³/mol. The van der Waals surface area contributed by atoms with E-state index in [4.69, 9.17) is 11.6 Å². The van der Waals surface area contributed by atoms with Crippen LogP contribution in [0.5, 0.6) is 0 Å². The molecule has 0 bridgehead atoms. The number of amides is 2. The Labute approximate surface area is 189 Å². The fourth-order valence-electron chi connectivity index (χ4n) is 2.60. The van der Waals surface area contributed by atoms with Crippen LogP contribution < -0.4 is 10.6 Å². The number of alkyl halides is 3. The molecule has 0 spiro atoms. The fraction of sp³-hybridized carbons (Fsp3) is 0.143. The van der Waals surface area contributed by atoms with Crippen LogP contribution >= 0.6 is 34.7 Å². The SMILES string of the molecule is CC(Sc1cccc(NC(=O)c2cccs2)c1)C(=O)Nc1ccc(Cl)cc1C(F)(F)F. The molecule has 31 heavy (non-hydrogen) atoms. The first-order valence-corrected chi connectivity index (χ1v) is 11.1. The van der Waals surface area contributed by atoms with Crippen LogP contribution in [0.4, 0.5) is 24.5 Å². The molecule has 2 amide bonds. The molecule has 4 nitrogen and oxygen atoms in total. The third-order valence-corrected chi connectivity index (χ3v) is 6.26. The van der Waals surface area contributed by atoms with Crippen LogP contribution in [0.3, 0.4) is 0 Å². The summed E-state index contributed by atoms with van der Waals surface area (Å²) in [6.45, 7) is 1.58. The van der Waals surface area contributed by atoms with Gasteiger partial charge in [0.1, 0.15) is 0 Å². The van der Waals surface area contributed by atoms with E-state index in [9.17, 15) is 22.8 Å². The molecule has 1 atom stereocenters. The van der Waals surface area contributed by atoms with Gasteiger partial charge in [-0.15, -0.1) is 23.1 Å². The molecular weight excluding hydrogens is 469 g/mol. The Morgan fingerprint density at radius 2 is 1.84 bits per heavy atom. The number of rotatable bonds is 6. The minimum atomic E-state index is -4.65. The number of carbonyl (C=O) groups is 2. The summed E-state index contributed by atoms with van der Waals surface area (Å²) in [4.78, 5) is 25.9. The van der Waals surface area contributed by atoms with Crippen molar-refractivity contribution in [2.45, 2.75) is 23.2 Å². The maximum absolute atomic E-state index is 13.2. The summed E-state index contributed by atoms with van der Waals surface area (Å²) in [6.07, 6.45) is -4.65. The molecular formula is C21H16ClF3N2O2S2. The van der Waals surface area contributed by atoms with E-state index in [0.29, 0.717) is 15.5 Å². The van der Waals surface area contributed by atoms with Crippen molar-refractivity contribution < 1.29 is 22.8 Å². The van der Waals surface area contributed by atoms with Crippen molar-refractivity contribution in [3.63, 3.8) is 0 Å². The minimum Gasteiger partial charge on any atom is -0.325 e. The smallest absolute Gasteiger partial charge is 0.325 e. The van der Waals surface area contributed by atoms with Crippen LogP contribution in [0.15, 0.2) is 64.9 Å². The van der Waals surface area contributed by atoms with Crippen molar-refractivity contribution in [1.82, 2.24) is 0 Å². The van der Waals surface area contributed by atoms with E-state index in [2.05, 4.69) is 10.6 Å². The second-order valence-electron chi connectivity index (χ2n) is 6.40. The summed E-state index contributed by atoms with van der Waals surface area (Å²) in [5.41, 5.74) is -0.816. The monoisotopic (exact) mass is 484 g/mol. The van der Waals surface area contributed by atoms with Crippen LogP contribution in [0.1, 0.15) is 22.2 Å². The zero-order valence-corrected chi connectivity index (χ0v) is 18.4. The minimum absolute atomic E-state index is 0.0749. The molecule has 10 heteroatoms. The van der Waals surface area contributed by atoms with Crippen molar-refractivity contribution in [3.05, 3.63) is 75.4 Å². The molecule has 1 unspecified atom stereocenters. The van der Waals surface area contributed by atoms with Gasteiger partial charge in [-0.2, -0.15) is 13.2 Å². The summed E-state index contributed by atoms with van der Waals surface area (Å²) in [5, 5.41) is 6.13. The lowest BCUT2D eigenvalue weighted by molar-refractivity contribution is -0.137. The molecule has 2 N–H and O–H groups in total. The van der Waals surface area contributed by atoms with E-state index >= 15 is 0 Å². The Bertz CT molecular complexity index is 1090.